The third kappa shape index (κ3) is 5.92. The molecule has 0 fully saturated rings. The van der Waals surface area contributed by atoms with E-state index in [4.69, 9.17) is 4.74 Å². The maximum absolute atomic E-state index is 16.1. The average Bonchev–Trinajstić information content (AvgIpc) is 3.48. The number of nitrogens with zero attached hydrogens (tertiary/aromatic N) is 6. The molecule has 4 aromatic heterocycles. The smallest absolute Gasteiger partial charge is 0.412 e. The molecule has 11 nitrogen and oxygen atoms in total. The van der Waals surface area contributed by atoms with Crippen LogP contribution in [0.25, 0.3) is 21.7 Å². The molecule has 1 aliphatic rings. The molecule has 1 aliphatic heterocycles. The number of aromatic nitrogens is 5. The molecule has 0 aliphatic carbocycles. The summed E-state index contributed by atoms with van der Waals surface area (Å²) >= 11 is 0. The number of rotatable bonds is 6. The highest BCUT2D eigenvalue weighted by Crippen LogP contribution is 2.33. The van der Waals surface area contributed by atoms with Crippen LogP contribution in [0.3, 0.4) is 0 Å². The van der Waals surface area contributed by atoms with Gasteiger partial charge in [0, 0.05) is 65.7 Å². The van der Waals surface area contributed by atoms with Crippen molar-refractivity contribution in [2.75, 3.05) is 17.2 Å². The van der Waals surface area contributed by atoms with Crippen molar-refractivity contribution < 1.29 is 18.7 Å². The number of hydrogen-bond donors (Lipinski definition) is 2. The quantitative estimate of drug-likeness (QED) is 0.252. The highest BCUT2D eigenvalue weighted by Gasteiger charge is 2.25. The Hall–Kier alpha value is -5.00. The summed E-state index contributed by atoms with van der Waals surface area (Å²) in [5.74, 6) is 0.494. The zero-order valence-corrected chi connectivity index (χ0v) is 25.4. The molecule has 0 radical (unpaired) electrons. The number of halogens is 1. The fraction of sp³-hybridized carbons (Fsp3) is 0.344. The largest absolute Gasteiger partial charge is 0.444 e. The maximum atomic E-state index is 16.1. The SMILES string of the molecule is CC(C)N1CCc2cc(Nc3cc4cc(Cn5ccc6ccncc65)c(F)c(NC(=O)OC(C)(C)C)c4cn3)nn2CC1=O. The first-order valence-electron chi connectivity index (χ1n) is 14.6. The number of amides is 2. The summed E-state index contributed by atoms with van der Waals surface area (Å²) in [6.45, 7) is 10.3. The molecule has 0 atom stereocenters. The lowest BCUT2D eigenvalue weighted by atomic mass is 10.0. The van der Waals surface area contributed by atoms with E-state index >= 15 is 4.39 Å². The number of fused-ring (bicyclic) bond motifs is 3. The van der Waals surface area contributed by atoms with E-state index in [1.165, 1.54) is 6.20 Å². The zero-order valence-electron chi connectivity index (χ0n) is 25.4. The van der Waals surface area contributed by atoms with Crippen LogP contribution in [0.15, 0.2) is 55.1 Å². The first kappa shape index (κ1) is 29.1. The van der Waals surface area contributed by atoms with Gasteiger partial charge in [-0.1, -0.05) is 0 Å². The van der Waals surface area contributed by atoms with Crippen LogP contribution in [0, 0.1) is 5.82 Å². The lowest BCUT2D eigenvalue weighted by molar-refractivity contribution is -0.133. The molecular weight excluding hydrogens is 563 g/mol. The minimum absolute atomic E-state index is 0.0117. The molecule has 6 rings (SSSR count). The molecule has 0 unspecified atom stereocenters. The molecule has 2 N–H and O–H groups in total. The number of hydrogen-bond acceptors (Lipinski definition) is 7. The molecule has 0 spiro atoms. The van der Waals surface area contributed by atoms with Gasteiger partial charge in [0.1, 0.15) is 18.0 Å². The van der Waals surface area contributed by atoms with Gasteiger partial charge in [0.25, 0.3) is 0 Å². The Labute approximate surface area is 254 Å². The van der Waals surface area contributed by atoms with E-state index in [0.29, 0.717) is 40.9 Å². The maximum Gasteiger partial charge on any atom is 0.412 e. The van der Waals surface area contributed by atoms with Gasteiger partial charge in [-0.3, -0.25) is 19.8 Å². The molecule has 12 heteroatoms. The van der Waals surface area contributed by atoms with Crippen molar-refractivity contribution in [3.05, 3.63) is 72.2 Å². The Morgan fingerprint density at radius 1 is 1.11 bits per heavy atom. The number of pyridine rings is 2. The molecule has 5 heterocycles. The molecular formula is C32H35FN8O3. The minimum atomic E-state index is -0.766. The van der Waals surface area contributed by atoms with Gasteiger partial charge in [-0.05, 0) is 64.3 Å². The molecule has 0 saturated heterocycles. The number of carbonyl (C=O) groups is 2. The second kappa shape index (κ2) is 11.3. The minimum Gasteiger partial charge on any atom is -0.444 e. The lowest BCUT2D eigenvalue weighted by Crippen LogP contribution is -2.38. The van der Waals surface area contributed by atoms with Gasteiger partial charge in [-0.2, -0.15) is 5.10 Å². The second-order valence-electron chi connectivity index (χ2n) is 12.3. The van der Waals surface area contributed by atoms with Gasteiger partial charge < -0.3 is 19.5 Å². The molecule has 5 aromatic rings. The third-order valence-corrected chi connectivity index (χ3v) is 7.54. The normalized spacial score (nSPS) is 13.8. The summed E-state index contributed by atoms with van der Waals surface area (Å²) in [6, 6.07) is 9.42. The van der Waals surface area contributed by atoms with Crippen LogP contribution >= 0.6 is 0 Å². The lowest BCUT2D eigenvalue weighted by Gasteiger charge is -2.24. The van der Waals surface area contributed by atoms with Gasteiger partial charge in [-0.15, -0.1) is 0 Å². The summed E-state index contributed by atoms with van der Waals surface area (Å²) in [7, 11) is 0. The Balaban J connectivity index is 1.34. The van der Waals surface area contributed by atoms with Crippen molar-refractivity contribution in [2.45, 2.75) is 65.8 Å². The van der Waals surface area contributed by atoms with Crippen molar-refractivity contribution in [3.63, 3.8) is 0 Å². The van der Waals surface area contributed by atoms with E-state index in [9.17, 15) is 9.59 Å². The molecule has 1 aromatic carbocycles. The van der Waals surface area contributed by atoms with Gasteiger partial charge in [-0.25, -0.2) is 14.2 Å². The molecule has 0 saturated carbocycles. The highest BCUT2D eigenvalue weighted by atomic mass is 19.1. The van der Waals surface area contributed by atoms with Crippen LogP contribution in [0.5, 0.6) is 0 Å². The number of anilines is 3. The predicted molar refractivity (Wildman–Crippen MR) is 166 cm³/mol. The van der Waals surface area contributed by atoms with Gasteiger partial charge in [0.05, 0.1) is 23.9 Å². The van der Waals surface area contributed by atoms with Gasteiger partial charge >= 0.3 is 6.09 Å². The van der Waals surface area contributed by atoms with Crippen LogP contribution in [0.1, 0.15) is 45.9 Å². The van der Waals surface area contributed by atoms with Crippen molar-refractivity contribution in [1.82, 2.24) is 29.2 Å². The summed E-state index contributed by atoms with van der Waals surface area (Å²) in [5, 5.41) is 12.5. The fourth-order valence-electron chi connectivity index (χ4n) is 5.50. The van der Waals surface area contributed by atoms with Crippen LogP contribution in [-0.4, -0.2) is 59.4 Å². The van der Waals surface area contributed by atoms with Crippen molar-refractivity contribution in [3.8, 4) is 0 Å². The Bertz CT molecular complexity index is 1890. The van der Waals surface area contributed by atoms with Crippen LogP contribution in [0.4, 0.5) is 26.5 Å². The Morgan fingerprint density at radius 3 is 2.70 bits per heavy atom. The van der Waals surface area contributed by atoms with E-state index in [-0.39, 0.29) is 30.7 Å². The van der Waals surface area contributed by atoms with Gasteiger partial charge in [0.2, 0.25) is 5.91 Å². The van der Waals surface area contributed by atoms with Crippen LogP contribution in [0.2, 0.25) is 0 Å². The second-order valence-corrected chi connectivity index (χ2v) is 12.3. The van der Waals surface area contributed by atoms with Crippen molar-refractivity contribution in [2.24, 2.45) is 0 Å². The Kier molecular flexibility index (Phi) is 7.44. The molecule has 2 amide bonds. The summed E-state index contributed by atoms with van der Waals surface area (Å²) in [5.41, 5.74) is 1.40. The fourth-order valence-corrected chi connectivity index (χ4v) is 5.50. The number of carbonyl (C=O) groups excluding carboxylic acids is 2. The van der Waals surface area contributed by atoms with Crippen molar-refractivity contribution in [1.29, 1.82) is 0 Å². The molecule has 0 bridgehead atoms. The number of nitrogens with one attached hydrogen (secondary N) is 2. The first-order chi connectivity index (χ1) is 20.9. The van der Waals surface area contributed by atoms with E-state index in [1.54, 1.807) is 50.0 Å². The van der Waals surface area contributed by atoms with Crippen LogP contribution < -0.4 is 10.6 Å². The van der Waals surface area contributed by atoms with E-state index < -0.39 is 17.5 Å². The highest BCUT2D eigenvalue weighted by molar-refractivity contribution is 6.01. The zero-order chi connectivity index (χ0) is 31.2. The summed E-state index contributed by atoms with van der Waals surface area (Å²) < 4.78 is 25.2. The van der Waals surface area contributed by atoms with E-state index in [1.807, 2.05) is 47.7 Å². The first-order valence-corrected chi connectivity index (χ1v) is 14.6. The van der Waals surface area contributed by atoms with E-state index in [2.05, 4.69) is 25.7 Å². The molecule has 44 heavy (non-hydrogen) atoms. The topological polar surface area (TPSA) is 119 Å². The summed E-state index contributed by atoms with van der Waals surface area (Å²) in [4.78, 5) is 36.0. The average molecular weight is 599 g/mol. The molecule has 228 valence electrons. The summed E-state index contributed by atoms with van der Waals surface area (Å²) in [6.07, 6.45) is 6.76. The predicted octanol–water partition coefficient (Wildman–Crippen LogP) is 5.85. The van der Waals surface area contributed by atoms with Crippen molar-refractivity contribution >= 4 is 51.0 Å². The van der Waals surface area contributed by atoms with E-state index in [0.717, 1.165) is 16.6 Å². The van der Waals surface area contributed by atoms with Gasteiger partial charge in [0.15, 0.2) is 11.6 Å². The standard InChI is InChI=1S/C32H35FN8O3/c1-19(2)40-11-8-23-14-27(38-41(23)18-28(40)42)36-26-13-21-12-22(17-39-10-7-20-6-9-34-16-25(20)39)29(33)30(24(21)15-35-26)37-31(43)44-32(3,4)5/h6-7,9-10,12-16,19H,8,11,17-18H2,1-5H3,(H,37,43)(H,35,36,38). The monoisotopic (exact) mass is 598 g/mol. The third-order valence-electron chi connectivity index (χ3n) is 7.54. The number of ether oxygens (including phenoxy) is 1. The number of benzene rings is 1. The Morgan fingerprint density at radius 2 is 1.93 bits per heavy atom. The van der Waals surface area contributed by atoms with Crippen LogP contribution in [-0.2, 0) is 29.0 Å².